The van der Waals surface area contributed by atoms with Gasteiger partial charge in [-0.3, -0.25) is 0 Å². The van der Waals surface area contributed by atoms with Gasteiger partial charge in [0.1, 0.15) is 5.82 Å². The minimum absolute atomic E-state index is 0.371. The Labute approximate surface area is 110 Å². The summed E-state index contributed by atoms with van der Waals surface area (Å²) in [6.07, 6.45) is 1.68. The first-order valence-electron chi connectivity index (χ1n) is 5.37. The summed E-state index contributed by atoms with van der Waals surface area (Å²) in [4.78, 5) is 4.07. The molecule has 1 N–H and O–H groups in total. The number of methoxy groups -OCH3 is 1. The smallest absolute Gasteiger partial charge is 0.212 e. The number of hydrogen-bond donors (Lipinski definition) is 1. The number of benzene rings is 1. The van der Waals surface area contributed by atoms with E-state index in [1.807, 2.05) is 6.07 Å². The van der Waals surface area contributed by atoms with E-state index in [9.17, 15) is 4.39 Å². The molecule has 0 unspecified atom stereocenters. The summed E-state index contributed by atoms with van der Waals surface area (Å²) >= 11 is 5.68. The van der Waals surface area contributed by atoms with Crippen molar-refractivity contribution in [3.63, 3.8) is 0 Å². The molecular weight excluding hydrogens is 255 g/mol. The molecule has 0 fully saturated rings. The van der Waals surface area contributed by atoms with Crippen LogP contribution in [0, 0.1) is 5.82 Å². The van der Waals surface area contributed by atoms with Crippen molar-refractivity contribution in [3.8, 4) is 5.88 Å². The van der Waals surface area contributed by atoms with Gasteiger partial charge in [-0.2, -0.15) is 0 Å². The zero-order valence-electron chi connectivity index (χ0n) is 9.78. The Morgan fingerprint density at radius 3 is 2.78 bits per heavy atom. The molecule has 1 aromatic carbocycles. The Morgan fingerprint density at radius 1 is 1.33 bits per heavy atom. The second-order valence-electron chi connectivity index (χ2n) is 3.69. The van der Waals surface area contributed by atoms with Crippen molar-refractivity contribution in [2.45, 2.75) is 6.54 Å². The van der Waals surface area contributed by atoms with E-state index < -0.39 is 0 Å². The number of aromatic nitrogens is 1. The Hall–Kier alpha value is -1.81. The predicted molar refractivity (Wildman–Crippen MR) is 69.5 cm³/mol. The van der Waals surface area contributed by atoms with Gasteiger partial charge in [0, 0.05) is 23.8 Å². The highest BCUT2D eigenvalue weighted by Gasteiger charge is 2.02. The number of ether oxygens (including phenoxy) is 1. The summed E-state index contributed by atoms with van der Waals surface area (Å²) < 4.78 is 18.4. The van der Waals surface area contributed by atoms with E-state index in [1.165, 1.54) is 6.07 Å². The van der Waals surface area contributed by atoms with Crippen LogP contribution in [0.3, 0.4) is 0 Å². The highest BCUT2D eigenvalue weighted by atomic mass is 35.5. The Kier molecular flexibility index (Phi) is 3.99. The highest BCUT2D eigenvalue weighted by Crippen LogP contribution is 2.19. The van der Waals surface area contributed by atoms with Crippen LogP contribution in [0.15, 0.2) is 36.5 Å². The molecule has 1 heterocycles. The third-order valence-electron chi connectivity index (χ3n) is 2.42. The Bertz CT molecular complexity index is 531. The third-order valence-corrected chi connectivity index (χ3v) is 2.66. The quantitative estimate of drug-likeness (QED) is 0.920. The number of nitrogens with one attached hydrogen (secondary N) is 1. The SMILES string of the molecule is COc1ccc(CNc2ccc(Cl)cc2F)cn1. The van der Waals surface area contributed by atoms with Crippen molar-refractivity contribution >= 4 is 17.3 Å². The molecule has 3 nitrogen and oxygen atoms in total. The maximum atomic E-state index is 13.5. The number of halogens is 2. The molecule has 5 heteroatoms. The monoisotopic (exact) mass is 266 g/mol. The van der Waals surface area contributed by atoms with Crippen LogP contribution in [0.25, 0.3) is 0 Å². The maximum Gasteiger partial charge on any atom is 0.212 e. The van der Waals surface area contributed by atoms with Gasteiger partial charge < -0.3 is 10.1 Å². The van der Waals surface area contributed by atoms with Gasteiger partial charge in [0.15, 0.2) is 0 Å². The fraction of sp³-hybridized carbons (Fsp3) is 0.154. The average molecular weight is 267 g/mol. The van der Waals surface area contributed by atoms with Gasteiger partial charge in [-0.1, -0.05) is 17.7 Å². The number of nitrogens with zero attached hydrogens (tertiary/aromatic N) is 1. The standard InChI is InChI=1S/C13H12ClFN2O/c1-18-13-5-2-9(8-17-13)7-16-12-4-3-10(14)6-11(12)15/h2-6,8,16H,7H2,1H3. The summed E-state index contributed by atoms with van der Waals surface area (Å²) in [5.41, 5.74) is 1.35. The zero-order valence-corrected chi connectivity index (χ0v) is 10.5. The van der Waals surface area contributed by atoms with E-state index in [4.69, 9.17) is 16.3 Å². The lowest BCUT2D eigenvalue weighted by Gasteiger charge is -2.08. The summed E-state index contributed by atoms with van der Waals surface area (Å²) in [7, 11) is 1.56. The molecule has 0 saturated heterocycles. The fourth-order valence-electron chi connectivity index (χ4n) is 1.47. The second kappa shape index (κ2) is 5.69. The molecule has 2 aromatic rings. The van der Waals surface area contributed by atoms with E-state index in [-0.39, 0.29) is 5.82 Å². The Balaban J connectivity index is 2.02. The third kappa shape index (κ3) is 3.11. The summed E-state index contributed by atoms with van der Waals surface area (Å²) in [5.74, 6) is 0.181. The molecule has 0 bridgehead atoms. The summed E-state index contributed by atoms with van der Waals surface area (Å²) in [6, 6.07) is 8.14. The van der Waals surface area contributed by atoms with Crippen molar-refractivity contribution in [2.75, 3.05) is 12.4 Å². The molecule has 18 heavy (non-hydrogen) atoms. The minimum Gasteiger partial charge on any atom is -0.481 e. The van der Waals surface area contributed by atoms with Gasteiger partial charge in [0.05, 0.1) is 12.8 Å². The lowest BCUT2D eigenvalue weighted by atomic mass is 10.2. The van der Waals surface area contributed by atoms with Gasteiger partial charge in [-0.05, 0) is 23.8 Å². The normalized spacial score (nSPS) is 10.2. The molecule has 0 aliphatic heterocycles. The average Bonchev–Trinajstić information content (AvgIpc) is 2.38. The molecule has 0 radical (unpaired) electrons. The van der Waals surface area contributed by atoms with E-state index in [0.717, 1.165) is 5.56 Å². The lowest BCUT2D eigenvalue weighted by Crippen LogP contribution is -2.02. The molecule has 1 aromatic heterocycles. The predicted octanol–water partition coefficient (Wildman–Crippen LogP) is 3.49. The maximum absolute atomic E-state index is 13.5. The van der Waals surface area contributed by atoms with Crippen LogP contribution >= 0.6 is 11.6 Å². The molecular formula is C13H12ClFN2O. The number of rotatable bonds is 4. The lowest BCUT2D eigenvalue weighted by molar-refractivity contribution is 0.397. The van der Waals surface area contributed by atoms with Gasteiger partial charge in [0.2, 0.25) is 5.88 Å². The molecule has 2 rings (SSSR count). The van der Waals surface area contributed by atoms with Crippen LogP contribution in [-0.4, -0.2) is 12.1 Å². The van der Waals surface area contributed by atoms with Crippen LogP contribution in [0.4, 0.5) is 10.1 Å². The molecule has 0 amide bonds. The van der Waals surface area contributed by atoms with Crippen molar-refractivity contribution in [1.82, 2.24) is 4.98 Å². The topological polar surface area (TPSA) is 34.1 Å². The number of hydrogen-bond acceptors (Lipinski definition) is 3. The van der Waals surface area contributed by atoms with Crippen molar-refractivity contribution < 1.29 is 9.13 Å². The molecule has 0 spiro atoms. The van der Waals surface area contributed by atoms with Crippen LogP contribution < -0.4 is 10.1 Å². The molecule has 0 saturated carbocycles. The summed E-state index contributed by atoms with van der Waals surface area (Å²) in [5, 5.41) is 3.36. The van der Waals surface area contributed by atoms with E-state index in [0.29, 0.717) is 23.1 Å². The fourth-order valence-corrected chi connectivity index (χ4v) is 1.63. The first-order valence-corrected chi connectivity index (χ1v) is 5.74. The van der Waals surface area contributed by atoms with Crippen molar-refractivity contribution in [2.24, 2.45) is 0 Å². The molecule has 0 atom stereocenters. The molecule has 0 aliphatic rings. The van der Waals surface area contributed by atoms with Gasteiger partial charge in [-0.25, -0.2) is 9.37 Å². The van der Waals surface area contributed by atoms with Crippen LogP contribution in [-0.2, 0) is 6.54 Å². The number of anilines is 1. The van der Waals surface area contributed by atoms with Crippen LogP contribution in [0.1, 0.15) is 5.56 Å². The van der Waals surface area contributed by atoms with Crippen LogP contribution in [0.2, 0.25) is 5.02 Å². The molecule has 94 valence electrons. The van der Waals surface area contributed by atoms with Crippen LogP contribution in [0.5, 0.6) is 5.88 Å². The summed E-state index contributed by atoms with van der Waals surface area (Å²) in [6.45, 7) is 0.482. The van der Waals surface area contributed by atoms with Crippen molar-refractivity contribution in [3.05, 3.63) is 52.9 Å². The zero-order chi connectivity index (χ0) is 13.0. The second-order valence-corrected chi connectivity index (χ2v) is 4.12. The molecule has 0 aliphatic carbocycles. The largest absolute Gasteiger partial charge is 0.481 e. The highest BCUT2D eigenvalue weighted by molar-refractivity contribution is 6.30. The number of pyridine rings is 1. The first kappa shape index (κ1) is 12.6. The van der Waals surface area contributed by atoms with Gasteiger partial charge in [-0.15, -0.1) is 0 Å². The Morgan fingerprint density at radius 2 is 2.17 bits per heavy atom. The van der Waals surface area contributed by atoms with Crippen molar-refractivity contribution in [1.29, 1.82) is 0 Å². The van der Waals surface area contributed by atoms with E-state index in [1.54, 1.807) is 31.5 Å². The van der Waals surface area contributed by atoms with E-state index in [2.05, 4.69) is 10.3 Å². The first-order chi connectivity index (χ1) is 8.69. The van der Waals surface area contributed by atoms with Gasteiger partial charge in [0.25, 0.3) is 0 Å². The van der Waals surface area contributed by atoms with Gasteiger partial charge >= 0.3 is 0 Å². The minimum atomic E-state index is -0.371. The van der Waals surface area contributed by atoms with E-state index >= 15 is 0 Å².